The molecule has 1 N–H and O–H groups in total. The molecule has 106 valence electrons. The standard InChI is InChI=1S/C13H13Cl2N3OS/c1-20-8-13(19)17-12-5-6-16-18(12)7-9-10(14)3-2-4-11(9)15/h2-6H,7-8H2,1H3,(H,17,19). The van der Waals surface area contributed by atoms with E-state index in [9.17, 15) is 4.79 Å². The molecule has 1 aromatic carbocycles. The second kappa shape index (κ2) is 7.02. The molecule has 0 unspecified atom stereocenters. The summed E-state index contributed by atoms with van der Waals surface area (Å²) in [6.45, 7) is 0.403. The minimum Gasteiger partial charge on any atom is -0.310 e. The van der Waals surface area contributed by atoms with E-state index in [0.717, 1.165) is 5.56 Å². The van der Waals surface area contributed by atoms with Gasteiger partial charge in [0, 0.05) is 21.7 Å². The van der Waals surface area contributed by atoms with E-state index in [0.29, 0.717) is 28.2 Å². The van der Waals surface area contributed by atoms with Crippen molar-refractivity contribution in [2.45, 2.75) is 6.54 Å². The average Bonchev–Trinajstić information content (AvgIpc) is 2.81. The molecular weight excluding hydrogens is 317 g/mol. The molecular formula is C13H13Cl2N3OS. The van der Waals surface area contributed by atoms with E-state index >= 15 is 0 Å². The zero-order valence-electron chi connectivity index (χ0n) is 10.8. The van der Waals surface area contributed by atoms with Crippen molar-refractivity contribution in [2.75, 3.05) is 17.3 Å². The minimum atomic E-state index is -0.0653. The Labute approximate surface area is 131 Å². The number of hydrogen-bond donors (Lipinski definition) is 1. The van der Waals surface area contributed by atoms with Gasteiger partial charge in [-0.3, -0.25) is 4.79 Å². The molecule has 0 spiro atoms. The molecule has 0 saturated carbocycles. The Bertz CT molecular complexity index is 595. The number of hydrogen-bond acceptors (Lipinski definition) is 3. The maximum absolute atomic E-state index is 11.6. The lowest BCUT2D eigenvalue weighted by Gasteiger charge is -2.11. The van der Waals surface area contributed by atoms with Crippen LogP contribution in [0.25, 0.3) is 0 Å². The number of amides is 1. The van der Waals surface area contributed by atoms with Crippen LogP contribution in [-0.4, -0.2) is 27.7 Å². The first kappa shape index (κ1) is 15.2. The number of carbonyl (C=O) groups is 1. The van der Waals surface area contributed by atoms with E-state index in [-0.39, 0.29) is 5.91 Å². The molecule has 2 aromatic rings. The Hall–Kier alpha value is -1.17. The first-order valence-electron chi connectivity index (χ1n) is 5.85. The summed E-state index contributed by atoms with van der Waals surface area (Å²) in [5.41, 5.74) is 0.778. The molecule has 1 aromatic heterocycles. The van der Waals surface area contributed by atoms with Crippen LogP contribution in [-0.2, 0) is 11.3 Å². The van der Waals surface area contributed by atoms with Gasteiger partial charge in [-0.2, -0.15) is 16.9 Å². The van der Waals surface area contributed by atoms with Crippen LogP contribution in [0.4, 0.5) is 5.82 Å². The third-order valence-electron chi connectivity index (χ3n) is 2.63. The molecule has 20 heavy (non-hydrogen) atoms. The molecule has 0 bridgehead atoms. The van der Waals surface area contributed by atoms with E-state index in [2.05, 4.69) is 10.4 Å². The number of carbonyl (C=O) groups excluding carboxylic acids is 1. The van der Waals surface area contributed by atoms with Crippen LogP contribution in [0.5, 0.6) is 0 Å². The van der Waals surface area contributed by atoms with Crippen LogP contribution in [0, 0.1) is 0 Å². The number of aromatic nitrogens is 2. The molecule has 0 aliphatic carbocycles. The SMILES string of the molecule is CSCC(=O)Nc1ccnn1Cc1c(Cl)cccc1Cl. The summed E-state index contributed by atoms with van der Waals surface area (Å²) >= 11 is 13.7. The minimum absolute atomic E-state index is 0.0653. The lowest BCUT2D eigenvalue weighted by Crippen LogP contribution is -2.17. The van der Waals surface area contributed by atoms with Gasteiger partial charge in [0.25, 0.3) is 0 Å². The van der Waals surface area contributed by atoms with Crippen molar-refractivity contribution in [1.29, 1.82) is 0 Å². The van der Waals surface area contributed by atoms with Gasteiger partial charge in [-0.15, -0.1) is 0 Å². The lowest BCUT2D eigenvalue weighted by molar-refractivity contribution is -0.113. The molecule has 1 heterocycles. The summed E-state index contributed by atoms with van der Waals surface area (Å²) in [6.07, 6.45) is 3.50. The Morgan fingerprint density at radius 3 is 2.70 bits per heavy atom. The first-order chi connectivity index (χ1) is 9.61. The maximum atomic E-state index is 11.6. The first-order valence-corrected chi connectivity index (χ1v) is 8.00. The van der Waals surface area contributed by atoms with Gasteiger partial charge in [-0.25, -0.2) is 4.68 Å². The smallest absolute Gasteiger partial charge is 0.235 e. The molecule has 0 fully saturated rings. The van der Waals surface area contributed by atoms with Crippen molar-refractivity contribution < 1.29 is 4.79 Å². The van der Waals surface area contributed by atoms with E-state index in [4.69, 9.17) is 23.2 Å². The number of rotatable bonds is 5. The maximum Gasteiger partial charge on any atom is 0.235 e. The monoisotopic (exact) mass is 329 g/mol. The van der Waals surface area contributed by atoms with Gasteiger partial charge in [0.2, 0.25) is 5.91 Å². The fourth-order valence-corrected chi connectivity index (χ4v) is 2.56. The highest BCUT2D eigenvalue weighted by atomic mass is 35.5. The number of nitrogens with one attached hydrogen (secondary N) is 1. The van der Waals surface area contributed by atoms with Gasteiger partial charge in [0.15, 0.2) is 0 Å². The predicted molar refractivity (Wildman–Crippen MR) is 84.8 cm³/mol. The Morgan fingerprint density at radius 2 is 2.05 bits per heavy atom. The highest BCUT2D eigenvalue weighted by Gasteiger charge is 2.11. The second-order valence-corrected chi connectivity index (χ2v) is 5.74. The van der Waals surface area contributed by atoms with Crippen molar-refractivity contribution in [3.05, 3.63) is 46.1 Å². The van der Waals surface area contributed by atoms with Gasteiger partial charge in [0.05, 0.1) is 18.5 Å². The van der Waals surface area contributed by atoms with Gasteiger partial charge in [-0.05, 0) is 18.4 Å². The van der Waals surface area contributed by atoms with Crippen LogP contribution in [0.3, 0.4) is 0 Å². The third-order valence-corrected chi connectivity index (χ3v) is 3.89. The van der Waals surface area contributed by atoms with Crippen molar-refractivity contribution >= 4 is 46.7 Å². The molecule has 0 radical (unpaired) electrons. The summed E-state index contributed by atoms with van der Waals surface area (Å²) in [7, 11) is 0. The van der Waals surface area contributed by atoms with Crippen LogP contribution in [0.15, 0.2) is 30.5 Å². The zero-order valence-corrected chi connectivity index (χ0v) is 13.1. The van der Waals surface area contributed by atoms with Crippen molar-refractivity contribution in [3.8, 4) is 0 Å². The molecule has 4 nitrogen and oxygen atoms in total. The Morgan fingerprint density at radius 1 is 1.35 bits per heavy atom. The summed E-state index contributed by atoms with van der Waals surface area (Å²) in [4.78, 5) is 11.6. The van der Waals surface area contributed by atoms with Crippen LogP contribution in [0.2, 0.25) is 10.0 Å². The van der Waals surface area contributed by atoms with Crippen LogP contribution < -0.4 is 5.32 Å². The van der Waals surface area contributed by atoms with Crippen molar-refractivity contribution in [3.63, 3.8) is 0 Å². The zero-order chi connectivity index (χ0) is 14.5. The van der Waals surface area contributed by atoms with Crippen LogP contribution >= 0.6 is 35.0 Å². The van der Waals surface area contributed by atoms with E-state index in [1.54, 1.807) is 35.1 Å². The molecule has 0 atom stereocenters. The molecule has 2 rings (SSSR count). The lowest BCUT2D eigenvalue weighted by atomic mass is 10.2. The van der Waals surface area contributed by atoms with E-state index in [1.807, 2.05) is 6.26 Å². The fraction of sp³-hybridized carbons (Fsp3) is 0.231. The largest absolute Gasteiger partial charge is 0.310 e. The normalized spacial score (nSPS) is 10.6. The Balaban J connectivity index is 2.19. The van der Waals surface area contributed by atoms with Crippen LogP contribution in [0.1, 0.15) is 5.56 Å². The topological polar surface area (TPSA) is 46.9 Å². The van der Waals surface area contributed by atoms with E-state index in [1.165, 1.54) is 11.8 Å². The van der Waals surface area contributed by atoms with Gasteiger partial charge >= 0.3 is 0 Å². The molecule has 0 aliphatic heterocycles. The van der Waals surface area contributed by atoms with Crippen molar-refractivity contribution in [1.82, 2.24) is 9.78 Å². The molecule has 0 aliphatic rings. The number of thioether (sulfide) groups is 1. The average molecular weight is 330 g/mol. The second-order valence-electron chi connectivity index (χ2n) is 4.06. The summed E-state index contributed by atoms with van der Waals surface area (Å²) in [6, 6.07) is 7.08. The van der Waals surface area contributed by atoms with Gasteiger partial charge < -0.3 is 5.32 Å². The summed E-state index contributed by atoms with van der Waals surface area (Å²) in [5, 5.41) is 8.15. The van der Waals surface area contributed by atoms with Crippen molar-refractivity contribution in [2.24, 2.45) is 0 Å². The number of anilines is 1. The highest BCUT2D eigenvalue weighted by molar-refractivity contribution is 7.99. The van der Waals surface area contributed by atoms with Gasteiger partial charge in [0.1, 0.15) is 5.82 Å². The molecule has 1 amide bonds. The quantitative estimate of drug-likeness (QED) is 0.912. The number of nitrogens with zero attached hydrogens (tertiary/aromatic N) is 2. The summed E-state index contributed by atoms with van der Waals surface area (Å²) in [5.74, 6) is 0.961. The highest BCUT2D eigenvalue weighted by Crippen LogP contribution is 2.25. The third kappa shape index (κ3) is 3.69. The Kier molecular flexibility index (Phi) is 5.34. The fourth-order valence-electron chi connectivity index (χ4n) is 1.71. The summed E-state index contributed by atoms with van der Waals surface area (Å²) < 4.78 is 1.66. The van der Waals surface area contributed by atoms with E-state index < -0.39 is 0 Å². The molecule has 0 saturated heterocycles. The predicted octanol–water partition coefficient (Wildman–Crippen LogP) is 3.54. The number of halogens is 2. The molecule has 7 heteroatoms. The van der Waals surface area contributed by atoms with Gasteiger partial charge in [-0.1, -0.05) is 29.3 Å². The number of benzene rings is 1.